The van der Waals surface area contributed by atoms with Crippen molar-refractivity contribution >= 4 is 17.1 Å². The van der Waals surface area contributed by atoms with E-state index in [1.807, 2.05) is 13.0 Å². The number of methoxy groups -OCH3 is 1. The van der Waals surface area contributed by atoms with Gasteiger partial charge in [0.15, 0.2) is 0 Å². The highest BCUT2D eigenvalue weighted by molar-refractivity contribution is 5.63. The fourth-order valence-electron chi connectivity index (χ4n) is 1.96. The fourth-order valence-corrected chi connectivity index (χ4v) is 1.96. The van der Waals surface area contributed by atoms with Crippen LogP contribution in [0.4, 0.5) is 17.1 Å². The second-order valence-corrected chi connectivity index (χ2v) is 4.76. The van der Waals surface area contributed by atoms with Crippen molar-refractivity contribution in [1.82, 2.24) is 0 Å². The summed E-state index contributed by atoms with van der Waals surface area (Å²) in [6.45, 7) is 3.22. The van der Waals surface area contributed by atoms with Crippen LogP contribution in [0.1, 0.15) is 19.8 Å². The third-order valence-electron chi connectivity index (χ3n) is 2.92. The van der Waals surface area contributed by atoms with E-state index < -0.39 is 4.92 Å². The largest absolute Gasteiger partial charge is 0.396 e. The van der Waals surface area contributed by atoms with Crippen molar-refractivity contribution in [3.05, 3.63) is 28.3 Å². The molecule has 1 atom stereocenters. The Bertz CT molecular complexity index is 448. The number of nitrogens with zero attached hydrogens (tertiary/aromatic N) is 1. The second kappa shape index (κ2) is 9.15. The molecule has 7 nitrogen and oxygen atoms in total. The van der Waals surface area contributed by atoms with Gasteiger partial charge in [0.05, 0.1) is 17.6 Å². The van der Waals surface area contributed by atoms with Gasteiger partial charge in [0.25, 0.3) is 5.69 Å². The minimum Gasteiger partial charge on any atom is -0.396 e. The van der Waals surface area contributed by atoms with Crippen molar-refractivity contribution in [3.8, 4) is 0 Å². The van der Waals surface area contributed by atoms with Gasteiger partial charge in [-0.25, -0.2) is 0 Å². The fraction of sp³-hybridized carbons (Fsp3) is 0.571. The number of non-ortho nitro benzene ring substituents is 1. The predicted octanol–water partition coefficient (Wildman–Crippen LogP) is 2.23. The standard InChI is InChI=1S/C14H23N3O4/c1-3-5-15-12-7-13(9-14(8-12)17(19)20)16-11(4-6-18)10-21-2/h7-9,11,15-16,18H,3-6,10H2,1-2H3. The van der Waals surface area contributed by atoms with E-state index in [1.165, 1.54) is 12.1 Å². The van der Waals surface area contributed by atoms with Crippen LogP contribution in [0, 0.1) is 10.1 Å². The molecule has 1 unspecified atom stereocenters. The molecular formula is C14H23N3O4. The quantitative estimate of drug-likeness (QED) is 0.452. The summed E-state index contributed by atoms with van der Waals surface area (Å²) in [7, 11) is 1.58. The molecule has 0 aliphatic heterocycles. The van der Waals surface area contributed by atoms with Crippen LogP contribution in [-0.4, -0.2) is 42.9 Å². The van der Waals surface area contributed by atoms with Gasteiger partial charge in [-0.2, -0.15) is 0 Å². The predicted molar refractivity (Wildman–Crippen MR) is 82.9 cm³/mol. The van der Waals surface area contributed by atoms with Gasteiger partial charge < -0.3 is 20.5 Å². The van der Waals surface area contributed by atoms with Gasteiger partial charge in [0.1, 0.15) is 0 Å². The lowest BCUT2D eigenvalue weighted by atomic mass is 10.2. The zero-order valence-electron chi connectivity index (χ0n) is 12.5. The topological polar surface area (TPSA) is 96.7 Å². The second-order valence-electron chi connectivity index (χ2n) is 4.76. The minimum absolute atomic E-state index is 0.0247. The molecule has 0 radical (unpaired) electrons. The van der Waals surface area contributed by atoms with Gasteiger partial charge in [0.2, 0.25) is 0 Å². The first-order chi connectivity index (χ1) is 10.1. The van der Waals surface area contributed by atoms with Crippen molar-refractivity contribution in [1.29, 1.82) is 0 Å². The molecule has 0 heterocycles. The van der Waals surface area contributed by atoms with E-state index in [0.717, 1.165) is 13.0 Å². The molecule has 0 saturated carbocycles. The number of benzene rings is 1. The Labute approximate surface area is 124 Å². The highest BCUT2D eigenvalue weighted by Crippen LogP contribution is 2.25. The number of nitro groups is 1. The highest BCUT2D eigenvalue weighted by atomic mass is 16.6. The Hall–Kier alpha value is -1.86. The van der Waals surface area contributed by atoms with Crippen molar-refractivity contribution in [2.75, 3.05) is 37.5 Å². The first-order valence-corrected chi connectivity index (χ1v) is 7.00. The number of nitro benzene ring substituents is 1. The van der Waals surface area contributed by atoms with E-state index in [-0.39, 0.29) is 18.3 Å². The first kappa shape index (κ1) is 17.2. The molecule has 0 fully saturated rings. The lowest BCUT2D eigenvalue weighted by molar-refractivity contribution is -0.384. The van der Waals surface area contributed by atoms with Crippen LogP contribution in [0.2, 0.25) is 0 Å². The Morgan fingerprint density at radius 2 is 2.10 bits per heavy atom. The average Bonchev–Trinajstić information content (AvgIpc) is 2.45. The van der Waals surface area contributed by atoms with Gasteiger partial charge in [-0.15, -0.1) is 0 Å². The molecule has 0 saturated heterocycles. The highest BCUT2D eigenvalue weighted by Gasteiger charge is 2.13. The summed E-state index contributed by atoms with van der Waals surface area (Å²) in [6, 6.07) is 4.72. The van der Waals surface area contributed by atoms with Crippen LogP contribution >= 0.6 is 0 Å². The van der Waals surface area contributed by atoms with Gasteiger partial charge in [0, 0.05) is 43.8 Å². The van der Waals surface area contributed by atoms with Crippen LogP contribution in [-0.2, 0) is 4.74 Å². The normalized spacial score (nSPS) is 12.0. The van der Waals surface area contributed by atoms with Crippen molar-refractivity contribution in [2.24, 2.45) is 0 Å². The third-order valence-corrected chi connectivity index (χ3v) is 2.92. The lowest BCUT2D eigenvalue weighted by Gasteiger charge is -2.18. The Morgan fingerprint density at radius 1 is 1.38 bits per heavy atom. The summed E-state index contributed by atoms with van der Waals surface area (Å²) >= 11 is 0. The molecule has 0 amide bonds. The number of nitrogens with one attached hydrogen (secondary N) is 2. The molecule has 0 aromatic heterocycles. The van der Waals surface area contributed by atoms with Crippen LogP contribution in [0.5, 0.6) is 0 Å². The molecule has 1 rings (SSSR count). The molecule has 21 heavy (non-hydrogen) atoms. The SMILES string of the molecule is CCCNc1cc(NC(CCO)COC)cc([N+](=O)[O-])c1. The molecule has 0 aliphatic rings. The smallest absolute Gasteiger partial charge is 0.273 e. The summed E-state index contributed by atoms with van der Waals surface area (Å²) in [5.41, 5.74) is 1.37. The van der Waals surface area contributed by atoms with Crippen LogP contribution in [0.15, 0.2) is 18.2 Å². The van der Waals surface area contributed by atoms with Crippen LogP contribution in [0.3, 0.4) is 0 Å². The minimum atomic E-state index is -0.417. The number of anilines is 2. The molecule has 7 heteroatoms. The monoisotopic (exact) mass is 297 g/mol. The van der Waals surface area contributed by atoms with E-state index >= 15 is 0 Å². The van der Waals surface area contributed by atoms with Crippen LogP contribution < -0.4 is 10.6 Å². The van der Waals surface area contributed by atoms with Crippen LogP contribution in [0.25, 0.3) is 0 Å². The Balaban J connectivity index is 2.92. The number of rotatable bonds is 10. The molecule has 0 spiro atoms. The van der Waals surface area contributed by atoms with Gasteiger partial charge in [-0.3, -0.25) is 10.1 Å². The molecule has 0 bridgehead atoms. The molecule has 1 aromatic rings. The average molecular weight is 297 g/mol. The van der Waals surface area contributed by atoms with Gasteiger partial charge in [-0.05, 0) is 18.9 Å². The third kappa shape index (κ3) is 5.97. The molecule has 0 aliphatic carbocycles. The zero-order valence-corrected chi connectivity index (χ0v) is 12.5. The van der Waals surface area contributed by atoms with E-state index in [1.54, 1.807) is 7.11 Å². The summed E-state index contributed by atoms with van der Waals surface area (Å²) in [4.78, 5) is 10.6. The maximum absolute atomic E-state index is 11.0. The number of ether oxygens (including phenoxy) is 1. The van der Waals surface area contributed by atoms with E-state index in [2.05, 4.69) is 10.6 Å². The molecule has 1 aromatic carbocycles. The molecular weight excluding hydrogens is 274 g/mol. The van der Waals surface area contributed by atoms with Crippen molar-refractivity contribution in [2.45, 2.75) is 25.8 Å². The summed E-state index contributed by atoms with van der Waals surface area (Å²) in [6.07, 6.45) is 1.44. The summed E-state index contributed by atoms with van der Waals surface area (Å²) in [5, 5.41) is 26.3. The Morgan fingerprint density at radius 3 is 2.67 bits per heavy atom. The maximum Gasteiger partial charge on any atom is 0.273 e. The summed E-state index contributed by atoms with van der Waals surface area (Å²) < 4.78 is 5.08. The summed E-state index contributed by atoms with van der Waals surface area (Å²) in [5.74, 6) is 0. The number of hydrogen-bond acceptors (Lipinski definition) is 6. The van der Waals surface area contributed by atoms with Gasteiger partial charge in [-0.1, -0.05) is 6.92 Å². The van der Waals surface area contributed by atoms with Crippen molar-refractivity contribution in [3.63, 3.8) is 0 Å². The number of aliphatic hydroxyl groups excluding tert-OH is 1. The molecule has 3 N–H and O–H groups in total. The lowest BCUT2D eigenvalue weighted by Crippen LogP contribution is -2.26. The number of hydrogen-bond donors (Lipinski definition) is 3. The Kier molecular flexibility index (Phi) is 7.49. The van der Waals surface area contributed by atoms with E-state index in [9.17, 15) is 10.1 Å². The number of aliphatic hydroxyl groups is 1. The maximum atomic E-state index is 11.0. The molecule has 118 valence electrons. The van der Waals surface area contributed by atoms with Gasteiger partial charge >= 0.3 is 0 Å². The zero-order chi connectivity index (χ0) is 15.7. The van der Waals surface area contributed by atoms with E-state index in [0.29, 0.717) is 24.4 Å². The van der Waals surface area contributed by atoms with Crippen molar-refractivity contribution < 1.29 is 14.8 Å². The van der Waals surface area contributed by atoms with E-state index in [4.69, 9.17) is 9.84 Å². The first-order valence-electron chi connectivity index (χ1n) is 7.00.